The van der Waals surface area contributed by atoms with E-state index in [9.17, 15) is 14.7 Å². The minimum absolute atomic E-state index is 0.133. The largest absolute Gasteiger partial charge is 0.481 e. The molecule has 0 aliphatic heterocycles. The van der Waals surface area contributed by atoms with Gasteiger partial charge in [0.05, 0.1) is 5.41 Å². The minimum atomic E-state index is -0.591. The van der Waals surface area contributed by atoms with Crippen molar-refractivity contribution in [1.82, 2.24) is 5.32 Å². The molecule has 0 aromatic heterocycles. The lowest BCUT2D eigenvalue weighted by Gasteiger charge is -2.42. The summed E-state index contributed by atoms with van der Waals surface area (Å²) in [5, 5.41) is 12.5. The smallest absolute Gasteiger partial charge is 0.310 e. The van der Waals surface area contributed by atoms with Gasteiger partial charge >= 0.3 is 5.97 Å². The Morgan fingerprint density at radius 3 is 2.58 bits per heavy atom. The first-order valence-electron chi connectivity index (χ1n) is 9.75. The summed E-state index contributed by atoms with van der Waals surface area (Å²) in [5.41, 5.74) is 3.31. The van der Waals surface area contributed by atoms with E-state index in [2.05, 4.69) is 58.1 Å². The zero-order valence-electron chi connectivity index (χ0n) is 16.7. The lowest BCUT2D eigenvalue weighted by molar-refractivity contribution is -0.154. The molecule has 4 atom stereocenters. The zero-order chi connectivity index (χ0) is 19.5. The van der Waals surface area contributed by atoms with Gasteiger partial charge in [-0.2, -0.15) is 0 Å². The zero-order valence-corrected chi connectivity index (χ0v) is 16.7. The number of amides is 1. The lowest BCUT2D eigenvalue weighted by atomic mass is 9.60. The second kappa shape index (κ2) is 8.24. The highest BCUT2D eigenvalue weighted by molar-refractivity contribution is 5.80. The van der Waals surface area contributed by atoms with Crippen molar-refractivity contribution < 1.29 is 14.7 Å². The number of rotatable bonds is 4. The van der Waals surface area contributed by atoms with E-state index in [4.69, 9.17) is 0 Å². The molecule has 1 aromatic carbocycles. The maximum Gasteiger partial charge on any atom is 0.310 e. The van der Waals surface area contributed by atoms with Gasteiger partial charge in [-0.25, -0.2) is 0 Å². The van der Waals surface area contributed by atoms with Gasteiger partial charge in [-0.3, -0.25) is 9.59 Å². The van der Waals surface area contributed by atoms with Gasteiger partial charge in [0.15, 0.2) is 0 Å². The Hall–Kier alpha value is -1.84. The third-order valence-corrected chi connectivity index (χ3v) is 6.20. The topological polar surface area (TPSA) is 66.4 Å². The predicted molar refractivity (Wildman–Crippen MR) is 104 cm³/mol. The molecule has 0 spiro atoms. The highest BCUT2D eigenvalue weighted by Crippen LogP contribution is 2.63. The standard InChI is InChI=1S/C17H22O2.C5H11NO/c1-10-7-8-14-13-6-4-5-11(2)15(13)12(3)17(14,9-10)16(18)19;1-5(2)3-6-4-7/h4-6,10,12,14H,7-9H2,1-3H3,(H,18,19);4-5H,3H2,1-2H3,(H,6,7). The Bertz CT molecular complexity index is 655. The molecule has 1 fully saturated rings. The normalized spacial score (nSPS) is 29.2. The second-order valence-corrected chi connectivity index (χ2v) is 8.50. The molecule has 3 rings (SSSR count). The van der Waals surface area contributed by atoms with Crippen LogP contribution in [0, 0.1) is 24.2 Å². The Morgan fingerprint density at radius 2 is 2.04 bits per heavy atom. The Kier molecular flexibility index (Phi) is 6.48. The number of carboxylic acids is 1. The molecule has 0 bridgehead atoms. The number of carbonyl (C=O) groups excluding carboxylic acids is 1. The number of carboxylic acid groups (broad SMARTS) is 1. The van der Waals surface area contributed by atoms with E-state index in [1.807, 2.05) is 0 Å². The summed E-state index contributed by atoms with van der Waals surface area (Å²) in [6.45, 7) is 11.3. The second-order valence-electron chi connectivity index (χ2n) is 8.50. The third-order valence-electron chi connectivity index (χ3n) is 6.20. The summed E-state index contributed by atoms with van der Waals surface area (Å²) in [5.74, 6) is 0.835. The number of fused-ring (bicyclic) bond motifs is 3. The van der Waals surface area contributed by atoms with Crippen LogP contribution in [-0.4, -0.2) is 24.0 Å². The molecule has 1 saturated carbocycles. The van der Waals surface area contributed by atoms with Crippen LogP contribution in [0.4, 0.5) is 0 Å². The summed E-state index contributed by atoms with van der Waals surface area (Å²) in [4.78, 5) is 21.7. The molecule has 2 aliphatic rings. The molecule has 4 nitrogen and oxygen atoms in total. The van der Waals surface area contributed by atoms with Crippen molar-refractivity contribution >= 4 is 12.4 Å². The van der Waals surface area contributed by atoms with Gasteiger partial charge in [-0.1, -0.05) is 52.3 Å². The van der Waals surface area contributed by atoms with Crippen LogP contribution in [-0.2, 0) is 9.59 Å². The molecular weight excluding hydrogens is 326 g/mol. The van der Waals surface area contributed by atoms with E-state index < -0.39 is 11.4 Å². The van der Waals surface area contributed by atoms with E-state index in [-0.39, 0.29) is 11.8 Å². The summed E-state index contributed by atoms with van der Waals surface area (Å²) >= 11 is 0. The van der Waals surface area contributed by atoms with Crippen molar-refractivity contribution in [3.63, 3.8) is 0 Å². The SMILES string of the molecule is CC(C)CNC=O.Cc1cccc2c1C(C)C1(C(=O)O)CC(C)CCC21. The summed E-state index contributed by atoms with van der Waals surface area (Å²) in [6, 6.07) is 6.35. The Balaban J connectivity index is 0.000000298. The monoisotopic (exact) mass is 359 g/mol. The third kappa shape index (κ3) is 3.65. The molecule has 0 heterocycles. The number of hydrogen-bond acceptors (Lipinski definition) is 2. The Labute approximate surface area is 157 Å². The van der Waals surface area contributed by atoms with Crippen molar-refractivity contribution in [1.29, 1.82) is 0 Å². The molecule has 1 amide bonds. The maximum atomic E-state index is 12.1. The van der Waals surface area contributed by atoms with Crippen LogP contribution in [0.1, 0.15) is 75.5 Å². The average Bonchev–Trinajstić information content (AvgIpc) is 2.84. The summed E-state index contributed by atoms with van der Waals surface area (Å²) in [6.07, 6.45) is 3.72. The van der Waals surface area contributed by atoms with Gasteiger partial charge in [0, 0.05) is 12.5 Å². The van der Waals surface area contributed by atoms with Gasteiger partial charge in [-0.15, -0.1) is 0 Å². The minimum Gasteiger partial charge on any atom is -0.481 e. The van der Waals surface area contributed by atoms with Gasteiger partial charge in [0.25, 0.3) is 0 Å². The van der Waals surface area contributed by atoms with Gasteiger partial charge < -0.3 is 10.4 Å². The molecule has 4 unspecified atom stereocenters. The molecule has 26 heavy (non-hydrogen) atoms. The first-order chi connectivity index (χ1) is 12.3. The molecule has 2 N–H and O–H groups in total. The van der Waals surface area contributed by atoms with Crippen LogP contribution in [0.5, 0.6) is 0 Å². The van der Waals surface area contributed by atoms with E-state index in [0.29, 0.717) is 11.8 Å². The van der Waals surface area contributed by atoms with Crippen molar-refractivity contribution in [2.75, 3.05) is 6.54 Å². The number of hydrogen-bond donors (Lipinski definition) is 2. The van der Waals surface area contributed by atoms with Crippen LogP contribution in [0.3, 0.4) is 0 Å². The predicted octanol–water partition coefficient (Wildman–Crippen LogP) is 4.48. The summed E-state index contributed by atoms with van der Waals surface area (Å²) in [7, 11) is 0. The van der Waals surface area contributed by atoms with Crippen molar-refractivity contribution in [2.45, 2.75) is 65.7 Å². The fourth-order valence-electron chi connectivity index (χ4n) is 5.00. The van der Waals surface area contributed by atoms with E-state index in [0.717, 1.165) is 32.2 Å². The molecular formula is C22H33NO3. The first kappa shape index (κ1) is 20.5. The molecule has 4 heteroatoms. The number of nitrogens with one attached hydrogen (secondary N) is 1. The Morgan fingerprint density at radius 1 is 1.35 bits per heavy atom. The molecule has 2 aliphatic carbocycles. The van der Waals surface area contributed by atoms with Crippen molar-refractivity contribution in [3.8, 4) is 0 Å². The van der Waals surface area contributed by atoms with Crippen molar-refractivity contribution in [2.24, 2.45) is 17.3 Å². The van der Waals surface area contributed by atoms with Gasteiger partial charge in [0.2, 0.25) is 6.41 Å². The van der Waals surface area contributed by atoms with Gasteiger partial charge in [-0.05, 0) is 54.2 Å². The number of carbonyl (C=O) groups is 2. The van der Waals surface area contributed by atoms with Crippen molar-refractivity contribution in [3.05, 3.63) is 34.9 Å². The molecule has 144 valence electrons. The molecule has 1 aromatic rings. The summed E-state index contributed by atoms with van der Waals surface area (Å²) < 4.78 is 0. The van der Waals surface area contributed by atoms with E-state index in [1.165, 1.54) is 16.7 Å². The highest BCUT2D eigenvalue weighted by atomic mass is 16.4. The number of benzene rings is 1. The van der Waals surface area contributed by atoms with Crippen LogP contribution in [0.25, 0.3) is 0 Å². The first-order valence-corrected chi connectivity index (χ1v) is 9.75. The lowest BCUT2D eigenvalue weighted by Crippen LogP contribution is -2.41. The maximum absolute atomic E-state index is 12.1. The average molecular weight is 360 g/mol. The van der Waals surface area contributed by atoms with Crippen LogP contribution in [0.2, 0.25) is 0 Å². The quantitative estimate of drug-likeness (QED) is 0.779. The van der Waals surface area contributed by atoms with Crippen LogP contribution >= 0.6 is 0 Å². The number of aryl methyl sites for hydroxylation is 1. The van der Waals surface area contributed by atoms with Crippen LogP contribution < -0.4 is 5.32 Å². The van der Waals surface area contributed by atoms with E-state index >= 15 is 0 Å². The van der Waals surface area contributed by atoms with E-state index in [1.54, 1.807) is 0 Å². The fourth-order valence-corrected chi connectivity index (χ4v) is 5.00. The molecule has 0 saturated heterocycles. The highest BCUT2D eigenvalue weighted by Gasteiger charge is 2.58. The van der Waals surface area contributed by atoms with Gasteiger partial charge in [0.1, 0.15) is 0 Å². The van der Waals surface area contributed by atoms with Crippen LogP contribution in [0.15, 0.2) is 18.2 Å². The number of aliphatic carboxylic acids is 1. The molecule has 0 radical (unpaired) electrons. The fraction of sp³-hybridized carbons (Fsp3) is 0.636.